The zero-order valence-corrected chi connectivity index (χ0v) is 11.8. The van der Waals surface area contributed by atoms with E-state index >= 15 is 0 Å². The van der Waals surface area contributed by atoms with Gasteiger partial charge >= 0.3 is 5.97 Å². The number of hydrogen-bond acceptors (Lipinski definition) is 4. The first-order valence-corrected chi connectivity index (χ1v) is 7.01. The Morgan fingerprint density at radius 2 is 2.28 bits per heavy atom. The maximum atomic E-state index is 11.3. The first kappa shape index (κ1) is 13.5. The summed E-state index contributed by atoms with van der Waals surface area (Å²) in [6, 6.07) is 0. The Bertz CT molecular complexity index is 442. The lowest BCUT2D eigenvalue weighted by Crippen LogP contribution is -2.16. The molecular weight excluding hydrogens is 250 g/mol. The Balaban J connectivity index is 2.24. The van der Waals surface area contributed by atoms with E-state index in [1.165, 1.54) is 11.3 Å². The third-order valence-corrected chi connectivity index (χ3v) is 4.13. The molecule has 1 aliphatic heterocycles. The number of carbonyl (C=O) groups is 1. The van der Waals surface area contributed by atoms with Gasteiger partial charge < -0.3 is 9.84 Å². The molecule has 1 atom stereocenters. The van der Waals surface area contributed by atoms with E-state index in [-0.39, 0.29) is 5.41 Å². The number of nitrogens with zero attached hydrogens (tertiary/aromatic N) is 1. The van der Waals surface area contributed by atoms with Crippen molar-refractivity contribution < 1.29 is 14.6 Å². The molecule has 2 rings (SSSR count). The zero-order chi connectivity index (χ0) is 13.3. The Morgan fingerprint density at radius 3 is 2.72 bits per heavy atom. The molecule has 0 spiro atoms. The number of ether oxygens (including phenoxy) is 1. The Kier molecular flexibility index (Phi) is 3.73. The Hall–Kier alpha value is -0.940. The topological polar surface area (TPSA) is 59.4 Å². The van der Waals surface area contributed by atoms with Gasteiger partial charge in [-0.1, -0.05) is 20.8 Å². The molecule has 1 fully saturated rings. The highest BCUT2D eigenvalue weighted by Gasteiger charge is 2.28. The second-order valence-electron chi connectivity index (χ2n) is 5.77. The highest BCUT2D eigenvalue weighted by atomic mass is 32.1. The monoisotopic (exact) mass is 269 g/mol. The van der Waals surface area contributed by atoms with Crippen LogP contribution in [0.5, 0.6) is 0 Å². The van der Waals surface area contributed by atoms with Crippen LogP contribution in [0, 0.1) is 5.92 Å². The smallest absolute Gasteiger partial charge is 0.347 e. The molecule has 1 aromatic heterocycles. The van der Waals surface area contributed by atoms with Crippen LogP contribution in [0.3, 0.4) is 0 Å². The summed E-state index contributed by atoms with van der Waals surface area (Å²) in [5, 5.41) is 10.2. The van der Waals surface area contributed by atoms with E-state index < -0.39 is 5.97 Å². The molecule has 1 aromatic rings. The van der Waals surface area contributed by atoms with Crippen LogP contribution in [0.1, 0.15) is 47.6 Å². The van der Waals surface area contributed by atoms with Crippen LogP contribution in [-0.2, 0) is 16.6 Å². The zero-order valence-electron chi connectivity index (χ0n) is 11.0. The van der Waals surface area contributed by atoms with Gasteiger partial charge in [-0.25, -0.2) is 9.78 Å². The van der Waals surface area contributed by atoms with E-state index in [4.69, 9.17) is 4.74 Å². The molecule has 100 valence electrons. The van der Waals surface area contributed by atoms with Gasteiger partial charge in [0.15, 0.2) is 0 Å². The van der Waals surface area contributed by atoms with Gasteiger partial charge in [-0.3, -0.25) is 0 Å². The molecule has 5 heteroatoms. The molecule has 1 saturated heterocycles. The molecular formula is C13H19NO3S. The largest absolute Gasteiger partial charge is 0.477 e. The van der Waals surface area contributed by atoms with Gasteiger partial charge in [0.25, 0.3) is 0 Å². The molecule has 0 radical (unpaired) electrons. The van der Waals surface area contributed by atoms with Gasteiger partial charge in [-0.15, -0.1) is 11.3 Å². The van der Waals surface area contributed by atoms with E-state index in [1.54, 1.807) is 0 Å². The number of rotatable bonds is 3. The molecule has 2 heterocycles. The van der Waals surface area contributed by atoms with Crippen molar-refractivity contribution in [2.75, 3.05) is 13.2 Å². The minimum absolute atomic E-state index is 0.228. The number of hydrogen-bond donors (Lipinski definition) is 1. The maximum Gasteiger partial charge on any atom is 0.347 e. The van der Waals surface area contributed by atoms with Gasteiger partial charge in [-0.05, 0) is 12.3 Å². The van der Waals surface area contributed by atoms with Crippen LogP contribution in [0.25, 0.3) is 0 Å². The van der Waals surface area contributed by atoms with Crippen molar-refractivity contribution in [3.63, 3.8) is 0 Å². The molecule has 1 unspecified atom stereocenters. The number of carboxylic acids is 1. The summed E-state index contributed by atoms with van der Waals surface area (Å²) in [7, 11) is 0. The van der Waals surface area contributed by atoms with Gasteiger partial charge in [0.05, 0.1) is 10.7 Å². The minimum Gasteiger partial charge on any atom is -0.477 e. The maximum absolute atomic E-state index is 11.3. The average molecular weight is 269 g/mol. The number of aromatic carboxylic acids is 1. The molecule has 1 aliphatic rings. The fraction of sp³-hybridized carbons (Fsp3) is 0.692. The first-order valence-electron chi connectivity index (χ1n) is 6.19. The number of aromatic nitrogens is 1. The molecule has 1 N–H and O–H groups in total. The van der Waals surface area contributed by atoms with Gasteiger partial charge in [0.1, 0.15) is 4.88 Å². The average Bonchev–Trinajstić information content (AvgIpc) is 2.85. The van der Waals surface area contributed by atoms with Crippen LogP contribution in [-0.4, -0.2) is 29.3 Å². The number of thiazole rings is 1. The van der Waals surface area contributed by atoms with Crippen molar-refractivity contribution in [2.24, 2.45) is 5.92 Å². The predicted octanol–water partition coefficient (Wildman–Crippen LogP) is 2.72. The molecule has 0 aliphatic carbocycles. The molecule has 0 amide bonds. The standard InChI is InChI=1S/C13H19NO3S/c1-13(2,3)11-10(12(15)16)18-9(14-11)6-8-4-5-17-7-8/h8H,4-7H2,1-3H3,(H,15,16). The summed E-state index contributed by atoms with van der Waals surface area (Å²) in [5.41, 5.74) is 0.475. The van der Waals surface area contributed by atoms with Crippen LogP contribution in [0.2, 0.25) is 0 Å². The van der Waals surface area contributed by atoms with E-state index in [0.717, 1.165) is 31.1 Å². The normalized spacial score (nSPS) is 20.3. The van der Waals surface area contributed by atoms with Gasteiger partial charge in [0.2, 0.25) is 0 Å². The summed E-state index contributed by atoms with van der Waals surface area (Å²) in [6.45, 7) is 7.58. The minimum atomic E-state index is -0.869. The molecule has 0 saturated carbocycles. The summed E-state index contributed by atoms with van der Waals surface area (Å²) in [6.07, 6.45) is 1.88. The fourth-order valence-corrected chi connectivity index (χ4v) is 3.32. The fourth-order valence-electron chi connectivity index (χ4n) is 2.10. The van der Waals surface area contributed by atoms with Crippen molar-refractivity contribution >= 4 is 17.3 Å². The molecule has 4 nitrogen and oxygen atoms in total. The van der Waals surface area contributed by atoms with Crippen molar-refractivity contribution in [3.05, 3.63) is 15.6 Å². The highest BCUT2D eigenvalue weighted by Crippen LogP contribution is 2.31. The van der Waals surface area contributed by atoms with Crippen molar-refractivity contribution in [3.8, 4) is 0 Å². The van der Waals surface area contributed by atoms with Crippen molar-refractivity contribution in [1.29, 1.82) is 0 Å². The van der Waals surface area contributed by atoms with E-state index in [2.05, 4.69) is 4.98 Å². The van der Waals surface area contributed by atoms with Crippen LogP contribution >= 0.6 is 11.3 Å². The lowest BCUT2D eigenvalue weighted by atomic mass is 9.91. The summed E-state index contributed by atoms with van der Waals surface area (Å²) >= 11 is 1.32. The van der Waals surface area contributed by atoms with E-state index in [0.29, 0.717) is 16.5 Å². The van der Waals surface area contributed by atoms with E-state index in [9.17, 15) is 9.90 Å². The van der Waals surface area contributed by atoms with Crippen LogP contribution < -0.4 is 0 Å². The lowest BCUT2D eigenvalue weighted by molar-refractivity contribution is 0.0699. The lowest BCUT2D eigenvalue weighted by Gasteiger charge is -2.16. The summed E-state index contributed by atoms with van der Waals surface area (Å²) < 4.78 is 5.34. The molecule has 18 heavy (non-hydrogen) atoms. The quantitative estimate of drug-likeness (QED) is 0.916. The van der Waals surface area contributed by atoms with Gasteiger partial charge in [0, 0.05) is 25.0 Å². The summed E-state index contributed by atoms with van der Waals surface area (Å²) in [4.78, 5) is 16.2. The third kappa shape index (κ3) is 2.90. The second-order valence-corrected chi connectivity index (χ2v) is 6.86. The predicted molar refractivity (Wildman–Crippen MR) is 70.4 cm³/mol. The SMILES string of the molecule is CC(C)(C)c1nc(CC2CCOC2)sc1C(=O)O. The van der Waals surface area contributed by atoms with Crippen LogP contribution in [0.15, 0.2) is 0 Å². The molecule has 0 bridgehead atoms. The Morgan fingerprint density at radius 1 is 1.56 bits per heavy atom. The number of carboxylic acid groups (broad SMARTS) is 1. The molecule has 0 aromatic carbocycles. The van der Waals surface area contributed by atoms with Crippen molar-refractivity contribution in [2.45, 2.75) is 39.0 Å². The third-order valence-electron chi connectivity index (χ3n) is 3.06. The Labute approximate surface area is 111 Å². The summed E-state index contributed by atoms with van der Waals surface area (Å²) in [5.74, 6) is -0.378. The van der Waals surface area contributed by atoms with Gasteiger partial charge in [-0.2, -0.15) is 0 Å². The van der Waals surface area contributed by atoms with Crippen molar-refractivity contribution in [1.82, 2.24) is 4.98 Å². The van der Waals surface area contributed by atoms with Crippen LogP contribution in [0.4, 0.5) is 0 Å². The van der Waals surface area contributed by atoms with E-state index in [1.807, 2.05) is 20.8 Å². The highest BCUT2D eigenvalue weighted by molar-refractivity contribution is 7.13. The second kappa shape index (κ2) is 4.97. The first-order chi connectivity index (χ1) is 8.38.